The lowest BCUT2D eigenvalue weighted by Gasteiger charge is -2.08. The lowest BCUT2D eigenvalue weighted by Crippen LogP contribution is -2.03. The van der Waals surface area contributed by atoms with Crippen molar-refractivity contribution in [3.8, 4) is 12.1 Å². The van der Waals surface area contributed by atoms with Gasteiger partial charge in [0.05, 0.1) is 11.1 Å². The maximum Gasteiger partial charge on any atom is 0.143 e. The number of nitrogens with two attached hydrogens (primary N) is 1. The molecule has 1 rings (SSSR count). The van der Waals surface area contributed by atoms with Gasteiger partial charge in [-0.1, -0.05) is 6.92 Å². The van der Waals surface area contributed by atoms with Crippen molar-refractivity contribution < 1.29 is 0 Å². The normalized spacial score (nSPS) is 9.50. The summed E-state index contributed by atoms with van der Waals surface area (Å²) in [6.07, 6.45) is 0.996. The topological polar surface area (TPSA) is 86.5 Å². The fourth-order valence-electron chi connectivity index (χ4n) is 1.27. The largest absolute Gasteiger partial charge is 0.383 e. The summed E-state index contributed by atoms with van der Waals surface area (Å²) in [5.41, 5.74) is 7.06. The van der Waals surface area contributed by atoms with Crippen LogP contribution in [-0.2, 0) is 0 Å². The Labute approximate surface area is 99.1 Å². The van der Waals surface area contributed by atoms with E-state index in [2.05, 4.69) is 18.0 Å². The molecule has 0 atom stereocenters. The minimum absolute atomic E-state index is 0.206. The first-order chi connectivity index (χ1) is 7.65. The van der Waals surface area contributed by atoms with Gasteiger partial charge in [-0.05, 0) is 24.7 Å². The van der Waals surface area contributed by atoms with Crippen molar-refractivity contribution in [1.29, 1.82) is 10.5 Å². The number of pyridine rings is 1. The van der Waals surface area contributed by atoms with Crippen molar-refractivity contribution >= 4 is 17.6 Å². The van der Waals surface area contributed by atoms with E-state index in [1.54, 1.807) is 6.92 Å². The second-order valence-corrected chi connectivity index (χ2v) is 4.33. The summed E-state index contributed by atoms with van der Waals surface area (Å²) in [4.78, 5) is 4.11. The van der Waals surface area contributed by atoms with Crippen molar-refractivity contribution in [1.82, 2.24) is 4.98 Å². The number of rotatable bonds is 3. The third-order valence-corrected chi connectivity index (χ3v) is 3.29. The molecule has 5 heteroatoms. The van der Waals surface area contributed by atoms with E-state index in [-0.39, 0.29) is 5.82 Å². The first-order valence-corrected chi connectivity index (χ1v) is 5.87. The SMILES string of the molecule is CCCSc1nc(N)c(C#N)c(C)c1C#N. The van der Waals surface area contributed by atoms with Crippen LogP contribution in [0.15, 0.2) is 5.03 Å². The van der Waals surface area contributed by atoms with Crippen LogP contribution in [0.1, 0.15) is 30.0 Å². The minimum atomic E-state index is 0.206. The van der Waals surface area contributed by atoms with E-state index in [1.807, 2.05) is 6.07 Å². The fraction of sp³-hybridized carbons (Fsp3) is 0.364. The zero-order valence-corrected chi connectivity index (χ0v) is 10.1. The van der Waals surface area contributed by atoms with Crippen molar-refractivity contribution in [2.24, 2.45) is 0 Å². The number of thioether (sulfide) groups is 1. The molecule has 2 N–H and O–H groups in total. The molecule has 0 aliphatic rings. The monoisotopic (exact) mass is 232 g/mol. The highest BCUT2D eigenvalue weighted by Gasteiger charge is 2.15. The van der Waals surface area contributed by atoms with Gasteiger partial charge in [0.1, 0.15) is 23.0 Å². The number of nitriles is 2. The first kappa shape index (κ1) is 12.4. The Morgan fingerprint density at radius 3 is 2.44 bits per heavy atom. The Kier molecular flexibility index (Phi) is 4.16. The third kappa shape index (κ3) is 2.26. The van der Waals surface area contributed by atoms with Crippen LogP contribution in [0.3, 0.4) is 0 Å². The number of nitrogens with zero attached hydrogens (tertiary/aromatic N) is 3. The highest BCUT2D eigenvalue weighted by atomic mass is 32.2. The molecule has 82 valence electrons. The van der Waals surface area contributed by atoms with Crippen LogP contribution in [-0.4, -0.2) is 10.7 Å². The molecule has 0 bridgehead atoms. The van der Waals surface area contributed by atoms with Crippen LogP contribution in [0, 0.1) is 29.6 Å². The standard InChI is InChI=1S/C11H12N4S/c1-3-4-16-11-9(6-13)7(2)8(5-12)10(14)15-11/h3-4H2,1-2H3,(H2,14,15). The quantitative estimate of drug-likeness (QED) is 0.807. The molecule has 1 aromatic rings. The average Bonchev–Trinajstić information content (AvgIpc) is 2.26. The van der Waals surface area contributed by atoms with Crippen LogP contribution in [0.2, 0.25) is 0 Å². The molecule has 0 aliphatic carbocycles. The Hall–Kier alpha value is -1.72. The van der Waals surface area contributed by atoms with Gasteiger partial charge in [-0.25, -0.2) is 4.98 Å². The molecule has 0 fully saturated rings. The smallest absolute Gasteiger partial charge is 0.143 e. The highest BCUT2D eigenvalue weighted by Crippen LogP contribution is 2.27. The molecule has 0 amide bonds. The van der Waals surface area contributed by atoms with Crippen LogP contribution in [0.25, 0.3) is 0 Å². The second-order valence-electron chi connectivity index (χ2n) is 3.25. The van der Waals surface area contributed by atoms with E-state index >= 15 is 0 Å². The summed E-state index contributed by atoms with van der Waals surface area (Å²) in [7, 11) is 0. The molecule has 0 saturated carbocycles. The Bertz CT molecular complexity index is 482. The van der Waals surface area contributed by atoms with Gasteiger partial charge in [-0.15, -0.1) is 11.8 Å². The number of hydrogen-bond acceptors (Lipinski definition) is 5. The van der Waals surface area contributed by atoms with Crippen LogP contribution in [0.4, 0.5) is 5.82 Å². The van der Waals surface area contributed by atoms with Crippen molar-refractivity contribution in [2.45, 2.75) is 25.3 Å². The molecule has 0 radical (unpaired) electrons. The lowest BCUT2D eigenvalue weighted by molar-refractivity contribution is 1.06. The fourth-order valence-corrected chi connectivity index (χ4v) is 2.18. The molecular formula is C11H12N4S. The summed E-state index contributed by atoms with van der Waals surface area (Å²) < 4.78 is 0. The Morgan fingerprint density at radius 1 is 1.31 bits per heavy atom. The lowest BCUT2D eigenvalue weighted by atomic mass is 10.1. The van der Waals surface area contributed by atoms with Crippen LogP contribution >= 0.6 is 11.8 Å². The van der Waals surface area contributed by atoms with Crippen LogP contribution in [0.5, 0.6) is 0 Å². The summed E-state index contributed by atoms with van der Waals surface area (Å²) in [5, 5.41) is 18.6. The molecule has 0 aromatic carbocycles. The van der Waals surface area contributed by atoms with Crippen molar-refractivity contribution in [2.75, 3.05) is 11.5 Å². The zero-order valence-electron chi connectivity index (χ0n) is 9.24. The van der Waals surface area contributed by atoms with E-state index in [0.717, 1.165) is 12.2 Å². The minimum Gasteiger partial charge on any atom is -0.383 e. The van der Waals surface area contributed by atoms with E-state index in [1.165, 1.54) is 11.8 Å². The number of nitrogen functional groups attached to an aromatic ring is 1. The van der Waals surface area contributed by atoms with Gasteiger partial charge >= 0.3 is 0 Å². The predicted octanol–water partition coefficient (Wildman–Crippen LogP) is 2.22. The summed E-state index contributed by atoms with van der Waals surface area (Å²) in [6.45, 7) is 3.78. The summed E-state index contributed by atoms with van der Waals surface area (Å²) >= 11 is 1.50. The van der Waals surface area contributed by atoms with E-state index in [4.69, 9.17) is 16.3 Å². The molecule has 4 nitrogen and oxygen atoms in total. The molecule has 16 heavy (non-hydrogen) atoms. The van der Waals surface area contributed by atoms with Gasteiger partial charge < -0.3 is 5.73 Å². The Balaban J connectivity index is 3.32. The molecule has 1 heterocycles. The molecule has 0 aliphatic heterocycles. The van der Waals surface area contributed by atoms with E-state index in [9.17, 15) is 0 Å². The summed E-state index contributed by atoms with van der Waals surface area (Å²) in [5.74, 6) is 1.09. The molecule has 0 saturated heterocycles. The molecular weight excluding hydrogens is 220 g/mol. The number of aromatic nitrogens is 1. The maximum absolute atomic E-state index is 9.06. The third-order valence-electron chi connectivity index (χ3n) is 2.11. The van der Waals surface area contributed by atoms with Crippen molar-refractivity contribution in [3.05, 3.63) is 16.7 Å². The Morgan fingerprint density at radius 2 is 1.94 bits per heavy atom. The first-order valence-electron chi connectivity index (χ1n) is 4.88. The molecule has 0 unspecified atom stereocenters. The van der Waals surface area contributed by atoms with Crippen molar-refractivity contribution in [3.63, 3.8) is 0 Å². The van der Waals surface area contributed by atoms with Gasteiger partial charge in [0.25, 0.3) is 0 Å². The van der Waals surface area contributed by atoms with Gasteiger partial charge in [-0.3, -0.25) is 0 Å². The van der Waals surface area contributed by atoms with E-state index < -0.39 is 0 Å². The maximum atomic E-state index is 9.06. The summed E-state index contributed by atoms with van der Waals surface area (Å²) in [6, 6.07) is 4.06. The van der Waals surface area contributed by atoms with E-state index in [0.29, 0.717) is 21.7 Å². The highest BCUT2D eigenvalue weighted by molar-refractivity contribution is 7.99. The van der Waals surface area contributed by atoms with Gasteiger partial charge in [0.2, 0.25) is 0 Å². The zero-order chi connectivity index (χ0) is 12.1. The predicted molar refractivity (Wildman–Crippen MR) is 63.8 cm³/mol. The van der Waals surface area contributed by atoms with Crippen LogP contribution < -0.4 is 5.73 Å². The number of hydrogen-bond donors (Lipinski definition) is 1. The molecule has 1 aromatic heterocycles. The number of anilines is 1. The van der Waals surface area contributed by atoms with Gasteiger partial charge in [0, 0.05) is 0 Å². The van der Waals surface area contributed by atoms with Gasteiger partial charge in [-0.2, -0.15) is 10.5 Å². The second kappa shape index (κ2) is 5.39. The van der Waals surface area contributed by atoms with Gasteiger partial charge in [0.15, 0.2) is 0 Å². The molecule has 0 spiro atoms. The average molecular weight is 232 g/mol.